The Morgan fingerprint density at radius 3 is 2.06 bits per heavy atom. The zero-order chi connectivity index (χ0) is 25.3. The summed E-state index contributed by atoms with van der Waals surface area (Å²) in [5, 5.41) is 12.2. The molecule has 0 atom stereocenters. The summed E-state index contributed by atoms with van der Waals surface area (Å²) in [6.45, 7) is 3.10. The van der Waals surface area contributed by atoms with Gasteiger partial charge in [0.15, 0.2) is 0 Å². The number of pyridine rings is 1. The number of aromatic nitrogens is 1. The molecule has 0 unspecified atom stereocenters. The summed E-state index contributed by atoms with van der Waals surface area (Å²) in [4.78, 5) is 41.3. The van der Waals surface area contributed by atoms with Crippen LogP contribution in [0, 0.1) is 0 Å². The molecule has 2 amide bonds. The van der Waals surface area contributed by atoms with Crippen LogP contribution in [0.15, 0.2) is 48.8 Å². The number of aliphatic carboxylic acids is 1. The Morgan fingerprint density at radius 2 is 1.43 bits per heavy atom. The highest BCUT2D eigenvalue weighted by Gasteiger charge is 2.21. The minimum absolute atomic E-state index is 0.0903. The number of carbonyl (C=O) groups is 3. The molecular weight excluding hydrogens is 442 g/mol. The van der Waals surface area contributed by atoms with Crippen molar-refractivity contribution in [3.05, 3.63) is 65.5 Å². The topological polar surface area (TPSA) is 99.6 Å². The fourth-order valence-electron chi connectivity index (χ4n) is 3.99. The van der Waals surface area contributed by atoms with Crippen LogP contribution in [0.4, 0.5) is 0 Å². The van der Waals surface area contributed by atoms with Crippen molar-refractivity contribution in [2.45, 2.75) is 84.2 Å². The molecule has 35 heavy (non-hydrogen) atoms. The van der Waals surface area contributed by atoms with Crippen LogP contribution in [0.5, 0.6) is 0 Å². The maximum absolute atomic E-state index is 12.6. The predicted octanol–water partition coefficient (Wildman–Crippen LogP) is 5.35. The highest BCUT2D eigenvalue weighted by molar-refractivity contribution is 6.31. The van der Waals surface area contributed by atoms with Crippen molar-refractivity contribution < 1.29 is 19.5 Å². The summed E-state index contributed by atoms with van der Waals surface area (Å²) in [7, 11) is 0. The van der Waals surface area contributed by atoms with Crippen molar-refractivity contribution in [3.8, 4) is 0 Å². The second-order valence-electron chi connectivity index (χ2n) is 8.96. The Balaban J connectivity index is 1.78. The summed E-state index contributed by atoms with van der Waals surface area (Å²) in [5.74, 6) is -2.66. The SMILES string of the molecule is CCCCCCCCCCCCNC(=O)c1cccc(CN(Cc2ccncc2)C(=O)C(=O)O)c1. The molecule has 1 aromatic heterocycles. The molecule has 2 aromatic rings. The van der Waals surface area contributed by atoms with E-state index in [9.17, 15) is 19.5 Å². The first-order valence-electron chi connectivity index (χ1n) is 12.8. The van der Waals surface area contributed by atoms with Crippen molar-refractivity contribution in [1.29, 1.82) is 0 Å². The molecule has 0 radical (unpaired) electrons. The predicted molar refractivity (Wildman–Crippen MR) is 137 cm³/mol. The molecule has 1 aromatic carbocycles. The molecule has 0 aliphatic heterocycles. The molecule has 0 saturated heterocycles. The lowest BCUT2D eigenvalue weighted by atomic mass is 10.1. The van der Waals surface area contributed by atoms with Gasteiger partial charge in [-0.15, -0.1) is 0 Å². The summed E-state index contributed by atoms with van der Waals surface area (Å²) >= 11 is 0. The number of nitrogens with one attached hydrogen (secondary N) is 1. The summed E-state index contributed by atoms with van der Waals surface area (Å²) < 4.78 is 0. The van der Waals surface area contributed by atoms with Gasteiger partial charge in [0.2, 0.25) is 0 Å². The lowest BCUT2D eigenvalue weighted by molar-refractivity contribution is -0.156. The van der Waals surface area contributed by atoms with Crippen molar-refractivity contribution in [2.24, 2.45) is 0 Å². The fraction of sp³-hybridized carbons (Fsp3) is 0.500. The number of carboxylic acids is 1. The maximum Gasteiger partial charge on any atom is 0.394 e. The first-order valence-corrected chi connectivity index (χ1v) is 12.8. The molecule has 0 aliphatic rings. The Labute approximate surface area is 209 Å². The zero-order valence-electron chi connectivity index (χ0n) is 20.9. The van der Waals surface area contributed by atoms with Crippen molar-refractivity contribution in [1.82, 2.24) is 15.2 Å². The van der Waals surface area contributed by atoms with E-state index in [0.717, 1.165) is 18.4 Å². The minimum Gasteiger partial charge on any atom is -0.474 e. The maximum atomic E-state index is 12.6. The third kappa shape index (κ3) is 11.2. The quantitative estimate of drug-likeness (QED) is 0.249. The molecule has 0 fully saturated rings. The van der Waals surface area contributed by atoms with Crippen LogP contribution in [0.3, 0.4) is 0 Å². The number of rotatable bonds is 16. The van der Waals surface area contributed by atoms with Gasteiger partial charge in [0.25, 0.3) is 5.91 Å². The largest absolute Gasteiger partial charge is 0.474 e. The van der Waals surface area contributed by atoms with Crippen molar-refractivity contribution in [2.75, 3.05) is 6.54 Å². The van der Waals surface area contributed by atoms with Gasteiger partial charge in [-0.2, -0.15) is 0 Å². The number of unbranched alkanes of at least 4 members (excludes halogenated alkanes) is 9. The fourth-order valence-corrected chi connectivity index (χ4v) is 3.99. The third-order valence-corrected chi connectivity index (χ3v) is 5.97. The molecule has 2 rings (SSSR count). The highest BCUT2D eigenvalue weighted by atomic mass is 16.4. The Hall–Kier alpha value is -3.22. The molecule has 7 nitrogen and oxygen atoms in total. The van der Waals surface area contributed by atoms with Crippen LogP contribution in [0.25, 0.3) is 0 Å². The van der Waals surface area contributed by atoms with Gasteiger partial charge in [-0.25, -0.2) is 4.79 Å². The number of carbonyl (C=O) groups excluding carboxylic acids is 2. The molecule has 1 heterocycles. The summed E-state index contributed by atoms with van der Waals surface area (Å²) in [6.07, 6.45) is 15.6. The standard InChI is InChI=1S/C28H39N3O4/c1-2-3-4-5-6-7-8-9-10-11-17-30-26(32)25-14-12-13-24(20-25)22-31(27(33)28(34)35)21-23-15-18-29-19-16-23/h12-16,18-20H,2-11,17,21-22H2,1H3,(H,30,32)(H,34,35). The molecule has 190 valence electrons. The molecule has 7 heteroatoms. The van der Waals surface area contributed by atoms with E-state index in [0.29, 0.717) is 17.7 Å². The van der Waals surface area contributed by atoms with Gasteiger partial charge in [0, 0.05) is 37.6 Å². The van der Waals surface area contributed by atoms with Gasteiger partial charge < -0.3 is 15.3 Å². The first-order chi connectivity index (χ1) is 17.0. The second kappa shape index (κ2) is 16.4. The lowest BCUT2D eigenvalue weighted by Crippen LogP contribution is -2.35. The van der Waals surface area contributed by atoms with E-state index in [1.54, 1.807) is 48.8 Å². The van der Waals surface area contributed by atoms with Crippen LogP contribution >= 0.6 is 0 Å². The van der Waals surface area contributed by atoms with Gasteiger partial charge >= 0.3 is 11.9 Å². The van der Waals surface area contributed by atoms with E-state index in [4.69, 9.17) is 0 Å². The van der Waals surface area contributed by atoms with E-state index in [1.807, 2.05) is 0 Å². The molecule has 2 N–H and O–H groups in total. The van der Waals surface area contributed by atoms with Gasteiger partial charge in [-0.1, -0.05) is 76.8 Å². The Kier molecular flexibility index (Phi) is 13.1. The van der Waals surface area contributed by atoms with Crippen LogP contribution in [0.2, 0.25) is 0 Å². The summed E-state index contributed by atoms with van der Waals surface area (Å²) in [5.41, 5.74) is 1.97. The minimum atomic E-state index is -1.51. The zero-order valence-corrected chi connectivity index (χ0v) is 20.9. The van der Waals surface area contributed by atoms with Gasteiger partial charge in [-0.3, -0.25) is 14.6 Å². The van der Waals surface area contributed by atoms with Gasteiger partial charge in [0.05, 0.1) is 0 Å². The number of hydrogen-bond donors (Lipinski definition) is 2. The highest BCUT2D eigenvalue weighted by Crippen LogP contribution is 2.13. The second-order valence-corrected chi connectivity index (χ2v) is 8.96. The van der Waals surface area contributed by atoms with Crippen molar-refractivity contribution >= 4 is 17.8 Å². The lowest BCUT2D eigenvalue weighted by Gasteiger charge is -2.21. The van der Waals surface area contributed by atoms with E-state index in [2.05, 4.69) is 17.2 Å². The van der Waals surface area contributed by atoms with Crippen LogP contribution in [-0.2, 0) is 22.7 Å². The Morgan fingerprint density at radius 1 is 0.829 bits per heavy atom. The normalized spacial score (nSPS) is 10.7. The molecule has 0 spiro atoms. The number of amides is 2. The van der Waals surface area contributed by atoms with Crippen molar-refractivity contribution in [3.63, 3.8) is 0 Å². The average Bonchev–Trinajstić information content (AvgIpc) is 2.87. The number of benzene rings is 1. The molecule has 0 bridgehead atoms. The van der Waals surface area contributed by atoms with Crippen LogP contribution in [-0.4, -0.2) is 39.3 Å². The van der Waals surface area contributed by atoms with E-state index < -0.39 is 11.9 Å². The van der Waals surface area contributed by atoms with Gasteiger partial charge in [0.1, 0.15) is 0 Å². The molecular formula is C28H39N3O4. The number of carboxylic acid groups (broad SMARTS) is 1. The molecule has 0 aliphatic carbocycles. The van der Waals surface area contributed by atoms with E-state index in [1.165, 1.54) is 56.3 Å². The third-order valence-electron chi connectivity index (χ3n) is 5.97. The van der Waals surface area contributed by atoms with Crippen LogP contribution < -0.4 is 5.32 Å². The Bertz CT molecular complexity index is 917. The van der Waals surface area contributed by atoms with Gasteiger partial charge in [-0.05, 0) is 41.8 Å². The smallest absolute Gasteiger partial charge is 0.394 e. The monoisotopic (exact) mass is 481 g/mol. The molecule has 0 saturated carbocycles. The van der Waals surface area contributed by atoms with E-state index >= 15 is 0 Å². The average molecular weight is 482 g/mol. The first kappa shape index (κ1) is 28.0. The van der Waals surface area contributed by atoms with E-state index in [-0.39, 0.29) is 19.0 Å². The van der Waals surface area contributed by atoms with Crippen LogP contribution in [0.1, 0.15) is 92.6 Å². The summed E-state index contributed by atoms with van der Waals surface area (Å²) in [6, 6.07) is 10.4. The number of hydrogen-bond acceptors (Lipinski definition) is 4. The number of nitrogens with zero attached hydrogens (tertiary/aromatic N) is 2.